The Kier molecular flexibility index (Phi) is 6.01. The molecule has 3 heteroatoms. The molecule has 22 heavy (non-hydrogen) atoms. The highest BCUT2D eigenvalue weighted by Crippen LogP contribution is 2.38. The molecule has 1 unspecified atom stereocenters. The van der Waals surface area contributed by atoms with Gasteiger partial charge in [0.1, 0.15) is 0 Å². The molecule has 122 valence electrons. The molecule has 0 saturated heterocycles. The number of carbonyl (C=O) groups excluding carboxylic acids is 1. The summed E-state index contributed by atoms with van der Waals surface area (Å²) in [7, 11) is 0. The molecule has 1 aromatic rings. The number of hydrogen-bond acceptors (Lipinski definition) is 2. The van der Waals surface area contributed by atoms with Crippen molar-refractivity contribution in [1.29, 1.82) is 0 Å². The van der Waals surface area contributed by atoms with Crippen molar-refractivity contribution in [2.75, 3.05) is 6.54 Å². The van der Waals surface area contributed by atoms with E-state index in [-0.39, 0.29) is 17.9 Å². The molecule has 3 N–H and O–H groups in total. The van der Waals surface area contributed by atoms with Crippen LogP contribution in [0, 0.1) is 23.7 Å². The summed E-state index contributed by atoms with van der Waals surface area (Å²) in [5.74, 6) is 2.05. The van der Waals surface area contributed by atoms with Crippen molar-refractivity contribution >= 4 is 5.91 Å². The van der Waals surface area contributed by atoms with Crippen molar-refractivity contribution in [3.63, 3.8) is 0 Å². The fraction of sp³-hybridized carbons (Fsp3) is 0.632. The van der Waals surface area contributed by atoms with Gasteiger partial charge >= 0.3 is 0 Å². The lowest BCUT2D eigenvalue weighted by molar-refractivity contribution is -0.129. The largest absolute Gasteiger partial charge is 0.354 e. The van der Waals surface area contributed by atoms with Crippen molar-refractivity contribution in [3.8, 4) is 0 Å². The first-order valence-corrected chi connectivity index (χ1v) is 8.57. The van der Waals surface area contributed by atoms with E-state index in [1.165, 1.54) is 12.8 Å². The van der Waals surface area contributed by atoms with Gasteiger partial charge in [-0.05, 0) is 36.2 Å². The molecular formula is C19H30N2O. The van der Waals surface area contributed by atoms with Gasteiger partial charge in [-0.25, -0.2) is 0 Å². The van der Waals surface area contributed by atoms with Gasteiger partial charge in [0.05, 0.1) is 0 Å². The highest BCUT2D eigenvalue weighted by molar-refractivity contribution is 5.79. The Balaban J connectivity index is 1.92. The molecule has 3 nitrogen and oxygen atoms in total. The molecular weight excluding hydrogens is 272 g/mol. The summed E-state index contributed by atoms with van der Waals surface area (Å²) in [6.45, 7) is 7.23. The number of carbonyl (C=O) groups is 1. The topological polar surface area (TPSA) is 55.1 Å². The maximum atomic E-state index is 12.6. The van der Waals surface area contributed by atoms with Crippen LogP contribution in [0.4, 0.5) is 0 Å². The number of benzene rings is 1. The van der Waals surface area contributed by atoms with E-state index < -0.39 is 0 Å². The third-order valence-electron chi connectivity index (χ3n) is 5.08. The Labute approximate surface area is 134 Å². The van der Waals surface area contributed by atoms with Gasteiger partial charge in [-0.2, -0.15) is 0 Å². The third-order valence-corrected chi connectivity index (χ3v) is 5.08. The molecule has 0 aromatic heterocycles. The van der Waals surface area contributed by atoms with E-state index in [2.05, 4.69) is 26.1 Å². The zero-order chi connectivity index (χ0) is 16.1. The Morgan fingerprint density at radius 3 is 2.59 bits per heavy atom. The molecule has 2 rings (SSSR count). The molecule has 1 aliphatic rings. The molecule has 1 saturated carbocycles. The summed E-state index contributed by atoms with van der Waals surface area (Å²) in [4.78, 5) is 12.6. The van der Waals surface area contributed by atoms with Gasteiger partial charge in [0.25, 0.3) is 0 Å². The fourth-order valence-electron chi connectivity index (χ4n) is 3.66. The molecule has 1 fully saturated rings. The van der Waals surface area contributed by atoms with E-state index in [4.69, 9.17) is 5.73 Å². The second-order valence-corrected chi connectivity index (χ2v) is 7.19. The molecule has 0 radical (unpaired) electrons. The predicted octanol–water partition coefficient (Wildman–Crippen LogP) is 3.51. The normalized spacial score (nSPS) is 26.7. The Bertz CT molecular complexity index is 472. The van der Waals surface area contributed by atoms with Crippen molar-refractivity contribution in [2.24, 2.45) is 29.4 Å². The summed E-state index contributed by atoms with van der Waals surface area (Å²) in [6.07, 6.45) is 3.42. The maximum absolute atomic E-state index is 12.6. The van der Waals surface area contributed by atoms with Crippen LogP contribution in [0.25, 0.3) is 0 Å². The van der Waals surface area contributed by atoms with Crippen LogP contribution in [-0.2, 0) is 4.79 Å². The molecule has 1 aliphatic carbocycles. The third kappa shape index (κ3) is 4.33. The Hall–Kier alpha value is -1.35. The summed E-state index contributed by atoms with van der Waals surface area (Å²) in [5, 5.41) is 3.09. The van der Waals surface area contributed by atoms with E-state index in [0.717, 1.165) is 12.0 Å². The van der Waals surface area contributed by atoms with E-state index in [9.17, 15) is 4.79 Å². The van der Waals surface area contributed by atoms with Crippen LogP contribution >= 0.6 is 0 Å². The van der Waals surface area contributed by atoms with Crippen LogP contribution in [0.15, 0.2) is 30.3 Å². The highest BCUT2D eigenvalue weighted by atomic mass is 16.1. The van der Waals surface area contributed by atoms with E-state index in [0.29, 0.717) is 24.3 Å². The van der Waals surface area contributed by atoms with Crippen LogP contribution in [0.2, 0.25) is 0 Å². The van der Waals surface area contributed by atoms with Crippen LogP contribution in [0.3, 0.4) is 0 Å². The Morgan fingerprint density at radius 1 is 1.27 bits per heavy atom. The van der Waals surface area contributed by atoms with Crippen LogP contribution in [0.1, 0.15) is 51.6 Å². The first-order chi connectivity index (χ1) is 10.5. The number of nitrogens with two attached hydrogens (primary N) is 1. The van der Waals surface area contributed by atoms with Gasteiger partial charge in [-0.15, -0.1) is 0 Å². The van der Waals surface area contributed by atoms with Crippen molar-refractivity contribution < 1.29 is 4.79 Å². The first-order valence-electron chi connectivity index (χ1n) is 8.57. The minimum absolute atomic E-state index is 0.135. The highest BCUT2D eigenvalue weighted by Gasteiger charge is 2.35. The SMILES string of the molecule is CC(C)[C@@H]1CC[C@@H](C)C[C@H]1C(=O)NCC(N)c1ccccc1. The van der Waals surface area contributed by atoms with Gasteiger partial charge in [0, 0.05) is 18.5 Å². The average Bonchev–Trinajstić information content (AvgIpc) is 2.52. The summed E-state index contributed by atoms with van der Waals surface area (Å²) in [5.41, 5.74) is 7.25. The number of rotatable bonds is 5. The lowest BCUT2D eigenvalue weighted by atomic mass is 9.70. The van der Waals surface area contributed by atoms with Gasteiger partial charge < -0.3 is 11.1 Å². The van der Waals surface area contributed by atoms with Gasteiger partial charge in [0.15, 0.2) is 0 Å². The Morgan fingerprint density at radius 2 is 1.95 bits per heavy atom. The summed E-state index contributed by atoms with van der Waals surface area (Å²) < 4.78 is 0. The fourth-order valence-corrected chi connectivity index (χ4v) is 3.66. The minimum Gasteiger partial charge on any atom is -0.354 e. The van der Waals surface area contributed by atoms with Gasteiger partial charge in [-0.3, -0.25) is 4.79 Å². The van der Waals surface area contributed by atoms with Crippen LogP contribution < -0.4 is 11.1 Å². The molecule has 0 spiro atoms. The standard InChI is InChI=1S/C19H30N2O/c1-13(2)16-10-9-14(3)11-17(16)19(22)21-12-18(20)15-7-5-4-6-8-15/h4-8,13-14,16-18H,9-12,20H2,1-3H3,(H,21,22)/t14-,16+,17-,18?/m1/s1. The van der Waals surface area contributed by atoms with E-state index >= 15 is 0 Å². The summed E-state index contributed by atoms with van der Waals surface area (Å²) >= 11 is 0. The van der Waals surface area contributed by atoms with Crippen molar-refractivity contribution in [1.82, 2.24) is 5.32 Å². The smallest absolute Gasteiger partial charge is 0.223 e. The quantitative estimate of drug-likeness (QED) is 0.874. The van der Waals surface area contributed by atoms with E-state index in [1.54, 1.807) is 0 Å². The van der Waals surface area contributed by atoms with Crippen LogP contribution in [-0.4, -0.2) is 12.5 Å². The van der Waals surface area contributed by atoms with E-state index in [1.807, 2.05) is 30.3 Å². The molecule has 0 aliphatic heterocycles. The summed E-state index contributed by atoms with van der Waals surface area (Å²) in [6, 6.07) is 9.82. The lowest BCUT2D eigenvalue weighted by Gasteiger charge is -2.36. The van der Waals surface area contributed by atoms with Crippen LogP contribution in [0.5, 0.6) is 0 Å². The monoisotopic (exact) mass is 302 g/mol. The van der Waals surface area contributed by atoms with Gasteiger partial charge in [-0.1, -0.05) is 57.5 Å². The maximum Gasteiger partial charge on any atom is 0.223 e. The molecule has 0 heterocycles. The lowest BCUT2D eigenvalue weighted by Crippen LogP contribution is -2.42. The second-order valence-electron chi connectivity index (χ2n) is 7.19. The number of nitrogens with one attached hydrogen (secondary N) is 1. The molecule has 4 atom stereocenters. The minimum atomic E-state index is -0.135. The second kappa shape index (κ2) is 7.77. The molecule has 1 amide bonds. The zero-order valence-electron chi connectivity index (χ0n) is 14.1. The average molecular weight is 302 g/mol. The number of amides is 1. The molecule has 1 aromatic carbocycles. The number of hydrogen-bond donors (Lipinski definition) is 2. The van der Waals surface area contributed by atoms with Crippen molar-refractivity contribution in [2.45, 2.75) is 46.1 Å². The molecule has 0 bridgehead atoms. The zero-order valence-corrected chi connectivity index (χ0v) is 14.1. The predicted molar refractivity (Wildman–Crippen MR) is 91.2 cm³/mol. The first kappa shape index (κ1) is 17.0. The van der Waals surface area contributed by atoms with Crippen molar-refractivity contribution in [3.05, 3.63) is 35.9 Å². The van der Waals surface area contributed by atoms with Gasteiger partial charge in [0.2, 0.25) is 5.91 Å².